The molecule has 1 heterocycles. The second-order valence-corrected chi connectivity index (χ2v) is 8.33. The molecule has 0 amide bonds. The molecule has 0 aliphatic heterocycles. The van der Waals surface area contributed by atoms with Gasteiger partial charge in [-0.1, -0.05) is 41.0 Å². The number of nitrogens with zero attached hydrogens (tertiary/aromatic N) is 4. The van der Waals surface area contributed by atoms with Gasteiger partial charge in [-0.15, -0.1) is 5.10 Å². The van der Waals surface area contributed by atoms with E-state index in [0.29, 0.717) is 40.3 Å². The minimum atomic E-state index is -0.393. The van der Waals surface area contributed by atoms with Gasteiger partial charge < -0.3 is 14.8 Å². The lowest BCUT2D eigenvalue weighted by Crippen LogP contribution is -2.17. The number of thioether (sulfide) groups is 1. The monoisotopic (exact) mass is 485 g/mol. The number of rotatable bonds is 11. The second-order valence-electron chi connectivity index (χ2n) is 6.46. The average Bonchev–Trinajstić information content (AvgIpc) is 3.14. The van der Waals surface area contributed by atoms with Gasteiger partial charge in [0.25, 0.3) is 0 Å². The van der Waals surface area contributed by atoms with Crippen LogP contribution in [0.2, 0.25) is 10.0 Å². The van der Waals surface area contributed by atoms with Crippen LogP contribution in [0.3, 0.4) is 0 Å². The molecule has 166 valence electrons. The van der Waals surface area contributed by atoms with E-state index in [1.54, 1.807) is 35.6 Å². The van der Waals surface area contributed by atoms with Crippen LogP contribution in [-0.2, 0) is 20.2 Å². The van der Waals surface area contributed by atoms with E-state index >= 15 is 0 Å². The number of hydrogen-bond donors (Lipinski definition) is 1. The minimum absolute atomic E-state index is 0.168. The van der Waals surface area contributed by atoms with Crippen molar-refractivity contribution < 1.29 is 13.9 Å². The van der Waals surface area contributed by atoms with Gasteiger partial charge in [-0.25, -0.2) is 9.07 Å². The normalized spacial score (nSPS) is 11.0. The molecule has 0 aliphatic rings. The lowest BCUT2D eigenvalue weighted by molar-refractivity contribution is 0.269. The molecule has 0 bridgehead atoms. The zero-order chi connectivity index (χ0) is 22.2. The van der Waals surface area contributed by atoms with Crippen LogP contribution in [-0.4, -0.2) is 39.1 Å². The second kappa shape index (κ2) is 11.5. The predicted molar refractivity (Wildman–Crippen MR) is 120 cm³/mol. The maximum atomic E-state index is 13.2. The van der Waals surface area contributed by atoms with E-state index in [-0.39, 0.29) is 6.61 Å². The summed E-state index contributed by atoms with van der Waals surface area (Å²) in [4.78, 5) is 0. The minimum Gasteiger partial charge on any atom is -0.490 e. The number of aryl methyl sites for hydroxylation is 1. The Bertz CT molecular complexity index is 1020. The smallest absolute Gasteiger partial charge is 0.209 e. The van der Waals surface area contributed by atoms with Crippen LogP contribution in [0.1, 0.15) is 18.1 Å². The molecular formula is C20H22Cl2FN5O2S. The summed E-state index contributed by atoms with van der Waals surface area (Å²) in [6.07, 6.45) is 0. The van der Waals surface area contributed by atoms with Crippen LogP contribution in [0.15, 0.2) is 35.5 Å². The number of hydrogen-bond acceptors (Lipinski definition) is 7. The summed E-state index contributed by atoms with van der Waals surface area (Å²) in [6.45, 7) is 3.86. The zero-order valence-electron chi connectivity index (χ0n) is 17.1. The van der Waals surface area contributed by atoms with E-state index in [9.17, 15) is 4.39 Å². The molecule has 0 saturated heterocycles. The third-order valence-electron chi connectivity index (χ3n) is 4.22. The number of aromatic nitrogens is 4. The maximum Gasteiger partial charge on any atom is 0.209 e. The van der Waals surface area contributed by atoms with Crippen molar-refractivity contribution in [1.29, 1.82) is 0 Å². The fourth-order valence-electron chi connectivity index (χ4n) is 2.67. The molecule has 3 aromatic rings. The SMILES string of the molecule is CCOc1cc(CNCCSc2nnnn2C)c(Cl)cc1OCc1ccc(F)cc1Cl. The van der Waals surface area contributed by atoms with Crippen molar-refractivity contribution in [3.05, 3.63) is 57.3 Å². The van der Waals surface area contributed by atoms with Crippen LogP contribution < -0.4 is 14.8 Å². The van der Waals surface area contributed by atoms with E-state index in [4.69, 9.17) is 32.7 Å². The standard InChI is InChI=1S/C20H22Cl2FN5O2S/c1-3-29-18-8-14(11-24-6-7-31-20-25-26-27-28(20)2)17(22)10-19(18)30-12-13-4-5-15(23)9-16(13)21/h4-5,8-10,24H,3,6-7,11-12H2,1-2H3. The highest BCUT2D eigenvalue weighted by molar-refractivity contribution is 7.99. The van der Waals surface area contributed by atoms with Gasteiger partial charge >= 0.3 is 0 Å². The third-order valence-corrected chi connectivity index (χ3v) is 5.93. The first-order valence-corrected chi connectivity index (χ1v) is 11.3. The van der Waals surface area contributed by atoms with Gasteiger partial charge in [-0.2, -0.15) is 0 Å². The molecule has 2 aromatic carbocycles. The Hall–Kier alpha value is -2.07. The Morgan fingerprint density at radius 2 is 1.87 bits per heavy atom. The summed E-state index contributed by atoms with van der Waals surface area (Å²) in [5, 5.41) is 16.3. The summed E-state index contributed by atoms with van der Waals surface area (Å²) in [6, 6.07) is 7.77. The van der Waals surface area contributed by atoms with Crippen LogP contribution >= 0.6 is 35.0 Å². The van der Waals surface area contributed by atoms with Gasteiger partial charge in [0, 0.05) is 42.5 Å². The van der Waals surface area contributed by atoms with Crippen LogP contribution in [0, 0.1) is 5.82 Å². The highest BCUT2D eigenvalue weighted by Gasteiger charge is 2.13. The fraction of sp³-hybridized carbons (Fsp3) is 0.350. The van der Waals surface area contributed by atoms with E-state index in [0.717, 1.165) is 23.0 Å². The Morgan fingerprint density at radius 1 is 1.10 bits per heavy atom. The maximum absolute atomic E-state index is 13.2. The Labute approximate surface area is 194 Å². The van der Waals surface area contributed by atoms with Crippen LogP contribution in [0.5, 0.6) is 11.5 Å². The highest BCUT2D eigenvalue weighted by atomic mass is 35.5. The first-order chi connectivity index (χ1) is 15.0. The van der Waals surface area contributed by atoms with Crippen molar-refractivity contribution in [2.45, 2.75) is 25.2 Å². The zero-order valence-corrected chi connectivity index (χ0v) is 19.4. The fourth-order valence-corrected chi connectivity index (χ4v) is 3.86. The Morgan fingerprint density at radius 3 is 2.58 bits per heavy atom. The highest BCUT2D eigenvalue weighted by Crippen LogP contribution is 2.34. The van der Waals surface area contributed by atoms with E-state index in [2.05, 4.69) is 20.8 Å². The number of benzene rings is 2. The average molecular weight is 486 g/mol. The lowest BCUT2D eigenvalue weighted by atomic mass is 10.2. The topological polar surface area (TPSA) is 74.1 Å². The summed E-state index contributed by atoms with van der Waals surface area (Å²) >= 11 is 14.1. The summed E-state index contributed by atoms with van der Waals surface area (Å²) in [7, 11) is 1.80. The summed E-state index contributed by atoms with van der Waals surface area (Å²) < 4.78 is 26.5. The van der Waals surface area contributed by atoms with Crippen molar-refractivity contribution in [2.75, 3.05) is 18.9 Å². The van der Waals surface area contributed by atoms with Gasteiger partial charge in [0.15, 0.2) is 11.5 Å². The molecular weight excluding hydrogens is 464 g/mol. The number of ether oxygens (including phenoxy) is 2. The Kier molecular flexibility index (Phi) is 8.77. The third kappa shape index (κ3) is 6.70. The van der Waals surface area contributed by atoms with Crippen LogP contribution in [0.25, 0.3) is 0 Å². The van der Waals surface area contributed by atoms with E-state index < -0.39 is 5.82 Å². The van der Waals surface area contributed by atoms with Crippen molar-refractivity contribution >= 4 is 35.0 Å². The van der Waals surface area contributed by atoms with Crippen molar-refractivity contribution in [3.63, 3.8) is 0 Å². The molecule has 11 heteroatoms. The van der Waals surface area contributed by atoms with Crippen molar-refractivity contribution in [3.8, 4) is 11.5 Å². The largest absolute Gasteiger partial charge is 0.490 e. The number of nitrogens with one attached hydrogen (secondary N) is 1. The molecule has 0 aliphatic carbocycles. The van der Waals surface area contributed by atoms with Gasteiger partial charge in [0.1, 0.15) is 12.4 Å². The predicted octanol–water partition coefficient (Wildman–Crippen LogP) is 4.52. The van der Waals surface area contributed by atoms with Gasteiger partial charge in [-0.05, 0) is 41.1 Å². The first kappa shape index (κ1) is 23.6. The molecule has 0 saturated carbocycles. The Balaban J connectivity index is 1.59. The summed E-state index contributed by atoms with van der Waals surface area (Å²) in [5.74, 6) is 1.50. The van der Waals surface area contributed by atoms with Gasteiger partial charge in [0.05, 0.1) is 11.6 Å². The van der Waals surface area contributed by atoms with Gasteiger partial charge in [0.2, 0.25) is 5.16 Å². The molecule has 3 rings (SSSR count). The van der Waals surface area contributed by atoms with Crippen molar-refractivity contribution in [1.82, 2.24) is 25.5 Å². The van der Waals surface area contributed by atoms with E-state index in [1.165, 1.54) is 12.1 Å². The first-order valence-electron chi connectivity index (χ1n) is 9.55. The number of tetrazole rings is 1. The lowest BCUT2D eigenvalue weighted by Gasteiger charge is -2.16. The van der Waals surface area contributed by atoms with E-state index in [1.807, 2.05) is 13.0 Å². The van der Waals surface area contributed by atoms with Crippen LogP contribution in [0.4, 0.5) is 4.39 Å². The molecule has 1 N–H and O–H groups in total. The molecule has 0 unspecified atom stereocenters. The molecule has 0 atom stereocenters. The molecule has 31 heavy (non-hydrogen) atoms. The van der Waals surface area contributed by atoms with Gasteiger partial charge in [-0.3, -0.25) is 0 Å². The number of halogens is 3. The molecule has 0 spiro atoms. The summed E-state index contributed by atoms with van der Waals surface area (Å²) in [5.41, 5.74) is 1.56. The van der Waals surface area contributed by atoms with Crippen molar-refractivity contribution in [2.24, 2.45) is 7.05 Å². The molecule has 1 aromatic heterocycles. The molecule has 7 nitrogen and oxygen atoms in total. The molecule has 0 radical (unpaired) electrons. The molecule has 0 fully saturated rings. The quantitative estimate of drug-likeness (QED) is 0.316.